The highest BCUT2D eigenvalue weighted by molar-refractivity contribution is 6.31. The minimum atomic E-state index is -0.492. The molecule has 3 rings (SSSR count). The first kappa shape index (κ1) is 18.1. The lowest BCUT2D eigenvalue weighted by Crippen LogP contribution is -2.27. The summed E-state index contributed by atoms with van der Waals surface area (Å²) in [7, 11) is 1.62. The number of nitrogens with zero attached hydrogens (tertiary/aromatic N) is 1. The van der Waals surface area contributed by atoms with E-state index in [4.69, 9.17) is 20.8 Å². The van der Waals surface area contributed by atoms with Crippen LogP contribution in [0.25, 0.3) is 11.1 Å². The number of hydrogen-bond acceptors (Lipinski definition) is 4. The molecule has 0 spiro atoms. The fourth-order valence-corrected chi connectivity index (χ4v) is 2.85. The maximum absolute atomic E-state index is 12.0. The second-order valence-electron chi connectivity index (χ2n) is 5.83. The van der Waals surface area contributed by atoms with Gasteiger partial charge in [0.25, 0.3) is 0 Å². The van der Waals surface area contributed by atoms with E-state index in [0.717, 1.165) is 17.7 Å². The zero-order valence-corrected chi connectivity index (χ0v) is 15.1. The third-order valence-corrected chi connectivity index (χ3v) is 4.32. The monoisotopic (exact) mass is 374 g/mol. The van der Waals surface area contributed by atoms with E-state index in [2.05, 4.69) is 5.32 Å². The SMILES string of the molecule is COc1ccc(CCNC(=O)CCn2c(=O)oc3ccc(Cl)cc32)cc1. The molecule has 1 amide bonds. The summed E-state index contributed by atoms with van der Waals surface area (Å²) in [6.45, 7) is 0.762. The summed E-state index contributed by atoms with van der Waals surface area (Å²) in [6, 6.07) is 12.7. The first-order valence-electron chi connectivity index (χ1n) is 8.25. The standard InChI is InChI=1S/C19H19ClN2O4/c1-25-15-5-2-13(3-6-15)8-10-21-18(23)9-11-22-16-12-14(20)4-7-17(16)26-19(22)24/h2-7,12H,8-11H2,1H3,(H,21,23). The summed E-state index contributed by atoms with van der Waals surface area (Å²) in [5, 5.41) is 3.37. The molecule has 2 aromatic carbocycles. The molecule has 7 heteroatoms. The molecule has 26 heavy (non-hydrogen) atoms. The first-order chi connectivity index (χ1) is 12.6. The average molecular weight is 375 g/mol. The Morgan fingerprint density at radius 2 is 2.00 bits per heavy atom. The van der Waals surface area contributed by atoms with Crippen LogP contribution in [0.5, 0.6) is 5.75 Å². The van der Waals surface area contributed by atoms with E-state index < -0.39 is 5.76 Å². The Morgan fingerprint density at radius 1 is 1.23 bits per heavy atom. The third-order valence-electron chi connectivity index (χ3n) is 4.09. The van der Waals surface area contributed by atoms with Gasteiger partial charge >= 0.3 is 5.76 Å². The molecule has 0 saturated carbocycles. The van der Waals surface area contributed by atoms with Crippen LogP contribution >= 0.6 is 11.6 Å². The van der Waals surface area contributed by atoms with Gasteiger partial charge in [0.15, 0.2) is 5.58 Å². The van der Waals surface area contributed by atoms with E-state index in [1.54, 1.807) is 25.3 Å². The fraction of sp³-hybridized carbons (Fsp3) is 0.263. The molecule has 0 fully saturated rings. The van der Waals surface area contributed by atoms with Crippen molar-refractivity contribution in [1.82, 2.24) is 9.88 Å². The van der Waals surface area contributed by atoms with Crippen molar-refractivity contribution in [2.24, 2.45) is 0 Å². The van der Waals surface area contributed by atoms with Crippen LogP contribution in [0.2, 0.25) is 5.02 Å². The summed E-state index contributed by atoms with van der Waals surface area (Å²) >= 11 is 5.96. The van der Waals surface area contributed by atoms with E-state index >= 15 is 0 Å². The van der Waals surface area contributed by atoms with Crippen molar-refractivity contribution in [1.29, 1.82) is 0 Å². The zero-order valence-electron chi connectivity index (χ0n) is 14.3. The Bertz CT molecular complexity index is 960. The zero-order chi connectivity index (χ0) is 18.5. The molecule has 0 aliphatic heterocycles. The number of oxazole rings is 1. The van der Waals surface area contributed by atoms with Crippen LogP contribution in [0.3, 0.4) is 0 Å². The van der Waals surface area contributed by atoms with Gasteiger partial charge in [0.1, 0.15) is 5.75 Å². The Kier molecular flexibility index (Phi) is 5.63. The van der Waals surface area contributed by atoms with Crippen molar-refractivity contribution < 1.29 is 13.9 Å². The number of fused-ring (bicyclic) bond motifs is 1. The van der Waals surface area contributed by atoms with Gasteiger partial charge in [0, 0.05) is 24.5 Å². The smallest absolute Gasteiger partial charge is 0.419 e. The van der Waals surface area contributed by atoms with Crippen LogP contribution in [0.1, 0.15) is 12.0 Å². The summed E-state index contributed by atoms with van der Waals surface area (Å²) < 4.78 is 11.7. The minimum Gasteiger partial charge on any atom is -0.497 e. The molecule has 6 nitrogen and oxygen atoms in total. The van der Waals surface area contributed by atoms with Crippen molar-refractivity contribution >= 4 is 28.6 Å². The molecule has 0 bridgehead atoms. The number of hydrogen-bond donors (Lipinski definition) is 1. The summed E-state index contributed by atoms with van der Waals surface area (Å²) in [5.74, 6) is 0.186. The van der Waals surface area contributed by atoms with Crippen molar-refractivity contribution in [2.45, 2.75) is 19.4 Å². The lowest BCUT2D eigenvalue weighted by molar-refractivity contribution is -0.121. The molecular formula is C19H19ClN2O4. The second kappa shape index (κ2) is 8.10. The normalized spacial score (nSPS) is 10.8. The highest BCUT2D eigenvalue weighted by atomic mass is 35.5. The van der Waals surface area contributed by atoms with Gasteiger partial charge < -0.3 is 14.5 Å². The van der Waals surface area contributed by atoms with Gasteiger partial charge in [-0.2, -0.15) is 0 Å². The van der Waals surface area contributed by atoms with Gasteiger partial charge in [0.2, 0.25) is 5.91 Å². The van der Waals surface area contributed by atoms with E-state index in [-0.39, 0.29) is 18.9 Å². The molecule has 1 N–H and O–H groups in total. The van der Waals surface area contributed by atoms with E-state index in [1.807, 2.05) is 24.3 Å². The minimum absolute atomic E-state index is 0.123. The average Bonchev–Trinajstić information content (AvgIpc) is 2.95. The molecule has 1 heterocycles. The number of aryl methyl sites for hydroxylation is 1. The number of rotatable bonds is 7. The third kappa shape index (κ3) is 4.26. The van der Waals surface area contributed by atoms with Crippen LogP contribution in [0.4, 0.5) is 0 Å². The Balaban J connectivity index is 1.52. The number of nitrogens with one attached hydrogen (secondary N) is 1. The number of carbonyl (C=O) groups is 1. The number of carbonyl (C=O) groups excluding carboxylic acids is 1. The summed E-state index contributed by atoms with van der Waals surface area (Å²) in [6.07, 6.45) is 0.906. The van der Waals surface area contributed by atoms with Gasteiger partial charge in [0.05, 0.1) is 12.6 Å². The van der Waals surface area contributed by atoms with Crippen LogP contribution in [-0.4, -0.2) is 24.1 Å². The van der Waals surface area contributed by atoms with E-state index in [0.29, 0.717) is 22.7 Å². The number of methoxy groups -OCH3 is 1. The molecule has 0 aliphatic rings. The van der Waals surface area contributed by atoms with Crippen LogP contribution in [-0.2, 0) is 17.8 Å². The first-order valence-corrected chi connectivity index (χ1v) is 8.63. The van der Waals surface area contributed by atoms with Crippen LogP contribution < -0.4 is 15.8 Å². The molecule has 0 unspecified atom stereocenters. The number of aromatic nitrogens is 1. The predicted octanol–water partition coefficient (Wildman–Crippen LogP) is 3.01. The molecule has 136 valence electrons. The van der Waals surface area contributed by atoms with Gasteiger partial charge in [-0.3, -0.25) is 9.36 Å². The van der Waals surface area contributed by atoms with Gasteiger partial charge in [-0.1, -0.05) is 23.7 Å². The molecule has 0 radical (unpaired) electrons. The molecule has 0 saturated heterocycles. The topological polar surface area (TPSA) is 73.5 Å². The quantitative estimate of drug-likeness (QED) is 0.690. The van der Waals surface area contributed by atoms with Crippen LogP contribution in [0, 0.1) is 0 Å². The number of halogens is 1. The highest BCUT2D eigenvalue weighted by Crippen LogP contribution is 2.18. The predicted molar refractivity (Wildman–Crippen MR) is 99.8 cm³/mol. The van der Waals surface area contributed by atoms with E-state index in [1.165, 1.54) is 4.57 Å². The van der Waals surface area contributed by atoms with Gasteiger partial charge in [-0.05, 0) is 42.3 Å². The maximum Gasteiger partial charge on any atom is 0.419 e. The van der Waals surface area contributed by atoms with Gasteiger partial charge in [-0.15, -0.1) is 0 Å². The summed E-state index contributed by atoms with van der Waals surface area (Å²) in [4.78, 5) is 24.0. The Morgan fingerprint density at radius 3 is 2.73 bits per heavy atom. The summed E-state index contributed by atoms with van der Waals surface area (Å²) in [5.41, 5.74) is 2.16. The van der Waals surface area contributed by atoms with Crippen molar-refractivity contribution in [3.63, 3.8) is 0 Å². The second-order valence-corrected chi connectivity index (χ2v) is 6.27. The van der Waals surface area contributed by atoms with Crippen LogP contribution in [0.15, 0.2) is 51.7 Å². The number of ether oxygens (including phenoxy) is 1. The molecule has 1 aromatic heterocycles. The highest BCUT2D eigenvalue weighted by Gasteiger charge is 2.11. The molecule has 0 aliphatic carbocycles. The van der Waals surface area contributed by atoms with Crippen molar-refractivity contribution in [2.75, 3.05) is 13.7 Å². The molecular weight excluding hydrogens is 356 g/mol. The van der Waals surface area contributed by atoms with Gasteiger partial charge in [-0.25, -0.2) is 4.79 Å². The lowest BCUT2D eigenvalue weighted by Gasteiger charge is -2.07. The molecule has 3 aromatic rings. The number of benzene rings is 2. The lowest BCUT2D eigenvalue weighted by atomic mass is 10.1. The van der Waals surface area contributed by atoms with Crippen molar-refractivity contribution in [3.8, 4) is 5.75 Å². The largest absolute Gasteiger partial charge is 0.497 e. The maximum atomic E-state index is 12.0. The fourth-order valence-electron chi connectivity index (χ4n) is 2.69. The number of amides is 1. The Labute approximate surface area is 155 Å². The van der Waals surface area contributed by atoms with Crippen molar-refractivity contribution in [3.05, 3.63) is 63.6 Å². The van der Waals surface area contributed by atoms with E-state index in [9.17, 15) is 9.59 Å². The molecule has 0 atom stereocenters. The Hall–Kier alpha value is -2.73.